The zero-order valence-electron chi connectivity index (χ0n) is 20.3. The first-order valence-corrected chi connectivity index (χ1v) is 11.9. The van der Waals surface area contributed by atoms with Crippen molar-refractivity contribution in [3.05, 3.63) is 89.6 Å². The topological polar surface area (TPSA) is 58.8 Å². The molecule has 1 aliphatic rings. The lowest BCUT2D eigenvalue weighted by atomic mass is 10.0. The minimum atomic E-state index is 0.00217. The summed E-state index contributed by atoms with van der Waals surface area (Å²) in [7, 11) is 1.63. The van der Waals surface area contributed by atoms with E-state index in [4.69, 9.17) is 9.15 Å². The van der Waals surface area contributed by atoms with Crippen LogP contribution in [0, 0.1) is 13.8 Å². The number of ether oxygens (including phenoxy) is 1. The Morgan fingerprint density at radius 3 is 2.51 bits per heavy atom. The molecule has 0 aliphatic carbocycles. The summed E-state index contributed by atoms with van der Waals surface area (Å²) in [5.74, 6) is 1.81. The van der Waals surface area contributed by atoms with Gasteiger partial charge < -0.3 is 19.0 Å². The molecule has 0 unspecified atom stereocenters. The highest BCUT2D eigenvalue weighted by Gasteiger charge is 2.26. The van der Waals surface area contributed by atoms with Gasteiger partial charge in [0.25, 0.3) is 5.91 Å². The van der Waals surface area contributed by atoms with E-state index in [1.54, 1.807) is 13.3 Å². The zero-order chi connectivity index (χ0) is 24.4. The van der Waals surface area contributed by atoms with Crippen LogP contribution < -0.4 is 9.64 Å². The Morgan fingerprint density at radius 2 is 1.71 bits per heavy atom. The van der Waals surface area contributed by atoms with Crippen LogP contribution in [0.4, 0.5) is 5.69 Å². The first kappa shape index (κ1) is 22.7. The Bertz CT molecular complexity index is 1350. The van der Waals surface area contributed by atoms with Crippen LogP contribution in [0.1, 0.15) is 21.5 Å². The van der Waals surface area contributed by atoms with Crippen LogP contribution in [-0.2, 0) is 0 Å². The largest absolute Gasteiger partial charge is 0.497 e. The van der Waals surface area contributed by atoms with Crippen molar-refractivity contribution in [1.82, 2.24) is 9.88 Å². The van der Waals surface area contributed by atoms with Crippen molar-refractivity contribution in [3.63, 3.8) is 0 Å². The fourth-order valence-corrected chi connectivity index (χ4v) is 4.56. The van der Waals surface area contributed by atoms with Crippen LogP contribution in [0.3, 0.4) is 0 Å². The number of hydrogen-bond acceptors (Lipinski definition) is 5. The van der Waals surface area contributed by atoms with Gasteiger partial charge in [0.15, 0.2) is 5.76 Å². The smallest absolute Gasteiger partial charge is 0.254 e. The number of rotatable bonds is 5. The lowest BCUT2D eigenvalue weighted by molar-refractivity contribution is 0.0747. The van der Waals surface area contributed by atoms with Crippen molar-refractivity contribution >= 4 is 11.6 Å². The van der Waals surface area contributed by atoms with E-state index in [-0.39, 0.29) is 5.91 Å². The maximum absolute atomic E-state index is 13.5. The lowest BCUT2D eigenvalue weighted by Gasteiger charge is -2.37. The SMILES string of the molecule is COc1cccc(-c2cnc(-c3ccccc3C(=O)N3CCN(c4cccc(C)c4C)CC3)o2)c1. The molecule has 1 fully saturated rings. The quantitative estimate of drug-likeness (QED) is 0.383. The third-order valence-electron chi connectivity index (χ3n) is 6.73. The van der Waals surface area contributed by atoms with Gasteiger partial charge in [0, 0.05) is 43.0 Å². The number of carbonyl (C=O) groups excluding carboxylic acids is 1. The standard InChI is InChI=1S/C29H29N3O3/c1-20-8-6-13-26(21(20)2)31-14-16-32(17-15-31)29(33)25-12-5-4-11-24(25)28-30-19-27(35-28)22-9-7-10-23(18-22)34-3/h4-13,18-19H,14-17H2,1-3H3. The van der Waals surface area contributed by atoms with Gasteiger partial charge in [-0.2, -0.15) is 0 Å². The van der Waals surface area contributed by atoms with Crippen molar-refractivity contribution in [3.8, 4) is 28.5 Å². The lowest BCUT2D eigenvalue weighted by Crippen LogP contribution is -2.49. The van der Waals surface area contributed by atoms with E-state index >= 15 is 0 Å². The zero-order valence-corrected chi connectivity index (χ0v) is 20.3. The van der Waals surface area contributed by atoms with Gasteiger partial charge in [-0.25, -0.2) is 4.98 Å². The highest BCUT2D eigenvalue weighted by atomic mass is 16.5. The number of hydrogen-bond donors (Lipinski definition) is 0. The minimum absolute atomic E-state index is 0.00217. The third kappa shape index (κ3) is 4.52. The summed E-state index contributed by atoms with van der Waals surface area (Å²) in [5.41, 5.74) is 6.01. The molecule has 5 rings (SSSR count). The normalized spacial score (nSPS) is 13.7. The van der Waals surface area contributed by atoms with E-state index < -0.39 is 0 Å². The monoisotopic (exact) mass is 467 g/mol. The van der Waals surface area contributed by atoms with Crippen LogP contribution in [-0.4, -0.2) is 49.1 Å². The van der Waals surface area contributed by atoms with E-state index in [9.17, 15) is 4.79 Å². The Hall–Kier alpha value is -4.06. The van der Waals surface area contributed by atoms with Gasteiger partial charge in [-0.1, -0.05) is 36.4 Å². The number of oxazole rings is 1. The van der Waals surface area contributed by atoms with Crippen LogP contribution in [0.15, 0.2) is 77.3 Å². The summed E-state index contributed by atoms with van der Waals surface area (Å²) < 4.78 is 11.4. The fraction of sp³-hybridized carbons (Fsp3) is 0.241. The van der Waals surface area contributed by atoms with Crippen LogP contribution in [0.5, 0.6) is 5.75 Å². The molecule has 4 aromatic rings. The molecule has 178 valence electrons. The second-order valence-corrected chi connectivity index (χ2v) is 8.81. The van der Waals surface area contributed by atoms with E-state index in [1.165, 1.54) is 16.8 Å². The van der Waals surface area contributed by atoms with Gasteiger partial charge in [-0.15, -0.1) is 0 Å². The van der Waals surface area contributed by atoms with Crippen LogP contribution in [0.2, 0.25) is 0 Å². The number of methoxy groups -OCH3 is 1. The number of benzene rings is 3. The maximum Gasteiger partial charge on any atom is 0.254 e. The second kappa shape index (κ2) is 9.66. The fourth-order valence-electron chi connectivity index (χ4n) is 4.56. The molecule has 0 saturated carbocycles. The molecule has 1 aromatic heterocycles. The molecule has 0 spiro atoms. The summed E-state index contributed by atoms with van der Waals surface area (Å²) in [4.78, 5) is 22.3. The average molecular weight is 468 g/mol. The first-order chi connectivity index (χ1) is 17.0. The second-order valence-electron chi connectivity index (χ2n) is 8.81. The number of carbonyl (C=O) groups is 1. The predicted molar refractivity (Wildman–Crippen MR) is 138 cm³/mol. The Balaban J connectivity index is 1.35. The summed E-state index contributed by atoms with van der Waals surface area (Å²) in [6, 6.07) is 21.6. The Labute approximate surface area is 205 Å². The Morgan fingerprint density at radius 1 is 0.943 bits per heavy atom. The Kier molecular flexibility index (Phi) is 6.27. The molecule has 0 atom stereocenters. The number of piperazine rings is 1. The van der Waals surface area contributed by atoms with Gasteiger partial charge >= 0.3 is 0 Å². The van der Waals surface area contributed by atoms with Gasteiger partial charge in [-0.3, -0.25) is 4.79 Å². The molecule has 6 nitrogen and oxygen atoms in total. The van der Waals surface area contributed by atoms with Gasteiger partial charge in [0.05, 0.1) is 18.9 Å². The van der Waals surface area contributed by atoms with Crippen molar-refractivity contribution < 1.29 is 13.9 Å². The molecular formula is C29H29N3O3. The molecule has 6 heteroatoms. The predicted octanol–water partition coefficient (Wildman–Crippen LogP) is 5.60. The molecule has 1 amide bonds. The molecule has 2 heterocycles. The highest BCUT2D eigenvalue weighted by Crippen LogP contribution is 2.31. The average Bonchev–Trinajstić information content (AvgIpc) is 3.40. The van der Waals surface area contributed by atoms with Crippen molar-refractivity contribution in [1.29, 1.82) is 0 Å². The molecule has 0 bridgehead atoms. The van der Waals surface area contributed by atoms with E-state index in [2.05, 4.69) is 41.9 Å². The summed E-state index contributed by atoms with van der Waals surface area (Å²) >= 11 is 0. The number of anilines is 1. The molecule has 1 aliphatic heterocycles. The highest BCUT2D eigenvalue weighted by molar-refractivity contribution is 6.00. The van der Waals surface area contributed by atoms with E-state index in [0.29, 0.717) is 35.9 Å². The summed E-state index contributed by atoms with van der Waals surface area (Å²) in [5, 5.41) is 0. The number of amides is 1. The van der Waals surface area contributed by atoms with Gasteiger partial charge in [0.1, 0.15) is 5.75 Å². The van der Waals surface area contributed by atoms with Gasteiger partial charge in [0.2, 0.25) is 5.89 Å². The van der Waals surface area contributed by atoms with Crippen LogP contribution in [0.25, 0.3) is 22.8 Å². The van der Waals surface area contributed by atoms with Crippen molar-refractivity contribution in [2.75, 3.05) is 38.2 Å². The number of aromatic nitrogens is 1. The van der Waals surface area contributed by atoms with Crippen molar-refractivity contribution in [2.24, 2.45) is 0 Å². The first-order valence-electron chi connectivity index (χ1n) is 11.9. The van der Waals surface area contributed by atoms with E-state index in [0.717, 1.165) is 24.4 Å². The summed E-state index contributed by atoms with van der Waals surface area (Å²) in [6.45, 7) is 7.24. The maximum atomic E-state index is 13.5. The van der Waals surface area contributed by atoms with Gasteiger partial charge in [-0.05, 0) is 55.3 Å². The third-order valence-corrected chi connectivity index (χ3v) is 6.73. The minimum Gasteiger partial charge on any atom is -0.497 e. The number of nitrogens with zero attached hydrogens (tertiary/aromatic N) is 3. The van der Waals surface area contributed by atoms with Crippen molar-refractivity contribution in [2.45, 2.75) is 13.8 Å². The number of aryl methyl sites for hydroxylation is 1. The molecule has 35 heavy (non-hydrogen) atoms. The molecule has 1 saturated heterocycles. The summed E-state index contributed by atoms with van der Waals surface area (Å²) in [6.07, 6.45) is 1.69. The van der Waals surface area contributed by atoms with E-state index in [1.807, 2.05) is 53.4 Å². The molecule has 0 N–H and O–H groups in total. The molecular weight excluding hydrogens is 438 g/mol. The molecule has 0 radical (unpaired) electrons. The van der Waals surface area contributed by atoms with Crippen LogP contribution >= 0.6 is 0 Å². The molecule has 3 aromatic carbocycles.